The molecule has 3 atom stereocenters. The maximum absolute atomic E-state index is 13.4. The van der Waals surface area contributed by atoms with Crippen molar-refractivity contribution in [3.8, 4) is 0 Å². The van der Waals surface area contributed by atoms with Gasteiger partial charge in [0.2, 0.25) is 27.7 Å². The predicted octanol–water partition coefficient (Wildman–Crippen LogP) is 2.31. The first kappa shape index (κ1) is 29.8. The molecule has 10 nitrogen and oxygen atoms in total. The fourth-order valence-electron chi connectivity index (χ4n) is 6.28. The van der Waals surface area contributed by atoms with Crippen LogP contribution in [0.5, 0.6) is 0 Å². The number of halogens is 1. The highest BCUT2D eigenvalue weighted by atomic mass is 35.5. The van der Waals surface area contributed by atoms with Crippen LogP contribution in [0.1, 0.15) is 39.0 Å². The van der Waals surface area contributed by atoms with Crippen molar-refractivity contribution >= 4 is 50.1 Å². The van der Waals surface area contributed by atoms with Crippen LogP contribution in [0.2, 0.25) is 5.02 Å². The van der Waals surface area contributed by atoms with Crippen molar-refractivity contribution in [2.24, 2.45) is 0 Å². The molecule has 0 spiro atoms. The van der Waals surface area contributed by atoms with Crippen LogP contribution in [-0.4, -0.2) is 110 Å². The van der Waals surface area contributed by atoms with Gasteiger partial charge in [0.1, 0.15) is 6.04 Å². The molecular formula is C29H38ClN5O5S. The van der Waals surface area contributed by atoms with Gasteiger partial charge in [-0.25, -0.2) is 8.42 Å². The van der Waals surface area contributed by atoms with E-state index in [-0.39, 0.29) is 41.2 Å². The first-order valence-corrected chi connectivity index (χ1v) is 16.1. The van der Waals surface area contributed by atoms with Crippen LogP contribution in [0.4, 0.5) is 0 Å². The Bertz CT molecular complexity index is 1440. The van der Waals surface area contributed by atoms with Gasteiger partial charge in [-0.05, 0) is 67.1 Å². The number of piperidine rings is 1. The number of nitrogens with one attached hydrogen (secondary N) is 1. The first-order valence-electron chi connectivity index (χ1n) is 14.3. The van der Waals surface area contributed by atoms with Crippen molar-refractivity contribution in [1.29, 1.82) is 0 Å². The first-order chi connectivity index (χ1) is 19.5. The van der Waals surface area contributed by atoms with Crippen molar-refractivity contribution < 1.29 is 22.8 Å². The Kier molecular flexibility index (Phi) is 8.89. The average molecular weight is 604 g/mol. The highest BCUT2D eigenvalue weighted by Crippen LogP contribution is 2.25. The summed E-state index contributed by atoms with van der Waals surface area (Å²) < 4.78 is 29.0. The largest absolute Gasteiger partial charge is 0.342 e. The fourth-order valence-corrected chi connectivity index (χ4v) is 7.72. The minimum atomic E-state index is -3.97. The zero-order valence-electron chi connectivity index (χ0n) is 23.6. The highest BCUT2D eigenvalue weighted by Gasteiger charge is 2.37. The number of amides is 3. The number of carbonyl (C=O) groups excluding carboxylic acids is 3. The quantitative estimate of drug-likeness (QED) is 0.496. The van der Waals surface area contributed by atoms with Crippen molar-refractivity contribution in [2.45, 2.75) is 62.0 Å². The zero-order valence-corrected chi connectivity index (χ0v) is 25.2. The molecule has 0 saturated carbocycles. The monoisotopic (exact) mass is 603 g/mol. The maximum Gasteiger partial charge on any atom is 0.242 e. The van der Waals surface area contributed by atoms with Crippen LogP contribution < -0.4 is 4.72 Å². The summed E-state index contributed by atoms with van der Waals surface area (Å²) in [6, 6.07) is 9.38. The second-order valence-electron chi connectivity index (χ2n) is 11.4. The van der Waals surface area contributed by atoms with E-state index in [1.165, 1.54) is 11.0 Å². The SMILES string of the molecule is CC(=O)N(C)C1CCN(CC2CCCN2C(=O)CN2CCCC(NS(=O)(=O)c3ccc4ccc(Cl)cc4c3)C2=O)C1. The summed E-state index contributed by atoms with van der Waals surface area (Å²) in [4.78, 5) is 46.0. The number of nitrogens with zero attached hydrogens (tertiary/aromatic N) is 4. The molecule has 2 aromatic carbocycles. The lowest BCUT2D eigenvalue weighted by atomic mass is 10.1. The Hall–Kier alpha value is -2.73. The summed E-state index contributed by atoms with van der Waals surface area (Å²) in [5.41, 5.74) is 0. The van der Waals surface area contributed by atoms with Crippen molar-refractivity contribution in [1.82, 2.24) is 24.3 Å². The predicted molar refractivity (Wildman–Crippen MR) is 157 cm³/mol. The number of benzene rings is 2. The lowest BCUT2D eigenvalue weighted by Gasteiger charge is -2.35. The molecule has 1 N–H and O–H groups in total. The smallest absolute Gasteiger partial charge is 0.242 e. The molecule has 3 saturated heterocycles. The molecule has 2 aromatic rings. The number of likely N-dealkylation sites (N-methyl/N-ethyl adjacent to an activating group) is 1. The van der Waals surface area contributed by atoms with E-state index >= 15 is 0 Å². The summed E-state index contributed by atoms with van der Waals surface area (Å²) in [5, 5.41) is 2.06. The minimum Gasteiger partial charge on any atom is -0.342 e. The van der Waals surface area contributed by atoms with Crippen LogP contribution >= 0.6 is 11.6 Å². The molecular weight excluding hydrogens is 566 g/mol. The second kappa shape index (κ2) is 12.2. The number of hydrogen-bond acceptors (Lipinski definition) is 6. The normalized spacial score (nSPS) is 23.9. The van der Waals surface area contributed by atoms with Crippen LogP contribution in [0.25, 0.3) is 10.8 Å². The van der Waals surface area contributed by atoms with Gasteiger partial charge in [-0.15, -0.1) is 0 Å². The summed E-state index contributed by atoms with van der Waals surface area (Å²) in [7, 11) is -2.13. The minimum absolute atomic E-state index is 0.0578. The number of hydrogen-bond donors (Lipinski definition) is 1. The molecule has 0 aromatic heterocycles. The zero-order chi connectivity index (χ0) is 29.3. The Morgan fingerprint density at radius 1 is 1.02 bits per heavy atom. The standard InChI is InChI=1S/C29H38ClN5O5S/c1-20(36)32(2)24-11-14-33(17-24)18-25-5-3-13-35(25)28(37)19-34-12-4-6-27(29(34)38)31-41(39,40)26-10-8-21-7-9-23(30)15-22(21)16-26/h7-10,15-16,24-25,27,31H,3-6,11-14,17-19H2,1-2H3. The summed E-state index contributed by atoms with van der Waals surface area (Å²) in [5.74, 6) is -0.418. The van der Waals surface area contributed by atoms with Crippen molar-refractivity contribution in [2.75, 3.05) is 46.3 Å². The van der Waals surface area contributed by atoms with Gasteiger partial charge in [-0.3, -0.25) is 19.3 Å². The Morgan fingerprint density at radius 3 is 2.56 bits per heavy atom. The fraction of sp³-hybridized carbons (Fsp3) is 0.552. The van der Waals surface area contributed by atoms with Gasteiger partial charge in [0, 0.05) is 63.8 Å². The molecule has 12 heteroatoms. The van der Waals surface area contributed by atoms with Crippen LogP contribution in [0, 0.1) is 0 Å². The van der Waals surface area contributed by atoms with Gasteiger partial charge in [0.15, 0.2) is 0 Å². The lowest BCUT2D eigenvalue weighted by Crippen LogP contribution is -2.55. The van der Waals surface area contributed by atoms with E-state index in [0.717, 1.165) is 44.3 Å². The third-order valence-corrected chi connectivity index (χ3v) is 10.4. The van der Waals surface area contributed by atoms with Gasteiger partial charge in [0.05, 0.1) is 11.4 Å². The summed E-state index contributed by atoms with van der Waals surface area (Å²) in [6.07, 6.45) is 3.71. The van der Waals surface area contributed by atoms with E-state index in [2.05, 4.69) is 9.62 Å². The van der Waals surface area contributed by atoms with Gasteiger partial charge >= 0.3 is 0 Å². The number of likely N-dealkylation sites (tertiary alicyclic amines) is 3. The Labute approximate surface area is 246 Å². The number of sulfonamides is 1. The molecule has 3 heterocycles. The van der Waals surface area contributed by atoms with Crippen molar-refractivity contribution in [3.63, 3.8) is 0 Å². The lowest BCUT2D eigenvalue weighted by molar-refractivity contribution is -0.143. The van der Waals surface area contributed by atoms with Crippen LogP contribution in [0.3, 0.4) is 0 Å². The van der Waals surface area contributed by atoms with E-state index in [9.17, 15) is 22.8 Å². The van der Waals surface area contributed by atoms with Gasteiger partial charge in [-0.2, -0.15) is 4.72 Å². The second-order valence-corrected chi connectivity index (χ2v) is 13.6. The van der Waals surface area contributed by atoms with Crippen molar-refractivity contribution in [3.05, 3.63) is 41.4 Å². The maximum atomic E-state index is 13.4. The highest BCUT2D eigenvalue weighted by molar-refractivity contribution is 7.89. The topological polar surface area (TPSA) is 110 Å². The number of rotatable bonds is 8. The van der Waals surface area contributed by atoms with Gasteiger partial charge in [-0.1, -0.05) is 23.7 Å². The summed E-state index contributed by atoms with van der Waals surface area (Å²) >= 11 is 6.08. The third kappa shape index (κ3) is 6.69. The van der Waals surface area contributed by atoms with E-state index in [1.54, 1.807) is 36.1 Å². The molecule has 41 heavy (non-hydrogen) atoms. The van der Waals surface area contributed by atoms with E-state index in [4.69, 9.17) is 11.6 Å². The Morgan fingerprint density at radius 2 is 1.78 bits per heavy atom. The Balaban J connectivity index is 1.19. The molecule has 5 rings (SSSR count). The third-order valence-electron chi connectivity index (χ3n) is 8.70. The van der Waals surface area contributed by atoms with Gasteiger partial charge in [0.25, 0.3) is 0 Å². The average Bonchev–Trinajstić information content (AvgIpc) is 3.60. The molecule has 0 radical (unpaired) electrons. The molecule has 0 aliphatic carbocycles. The van der Waals surface area contributed by atoms with Crippen LogP contribution in [-0.2, 0) is 24.4 Å². The van der Waals surface area contributed by atoms with E-state index in [1.807, 2.05) is 18.0 Å². The van der Waals surface area contributed by atoms with E-state index in [0.29, 0.717) is 36.3 Å². The molecule has 3 fully saturated rings. The summed E-state index contributed by atoms with van der Waals surface area (Å²) in [6.45, 7) is 5.03. The molecule has 3 amide bonds. The molecule has 0 bridgehead atoms. The number of carbonyl (C=O) groups is 3. The number of fused-ring (bicyclic) bond motifs is 1. The molecule has 3 aliphatic heterocycles. The van der Waals surface area contributed by atoms with Crippen LogP contribution in [0.15, 0.2) is 41.3 Å². The molecule has 3 aliphatic rings. The molecule has 222 valence electrons. The van der Waals surface area contributed by atoms with E-state index < -0.39 is 16.1 Å². The van der Waals surface area contributed by atoms with Gasteiger partial charge < -0.3 is 14.7 Å². The molecule has 3 unspecified atom stereocenters.